The molecule has 4 nitrogen and oxygen atoms in total. The van der Waals surface area contributed by atoms with Gasteiger partial charge in [-0.1, -0.05) is 12.1 Å². The van der Waals surface area contributed by atoms with E-state index in [0.717, 1.165) is 11.3 Å². The molecule has 0 unspecified atom stereocenters. The van der Waals surface area contributed by atoms with Gasteiger partial charge in [-0.2, -0.15) is 5.26 Å². The Morgan fingerprint density at radius 1 is 1.39 bits per heavy atom. The van der Waals surface area contributed by atoms with Gasteiger partial charge in [0, 0.05) is 0 Å². The number of hydrogen-bond donors (Lipinski definition) is 0. The van der Waals surface area contributed by atoms with Crippen molar-refractivity contribution >= 4 is 0 Å². The van der Waals surface area contributed by atoms with Crippen molar-refractivity contribution in [2.24, 2.45) is 0 Å². The summed E-state index contributed by atoms with van der Waals surface area (Å²) < 4.78 is 11.0. The molecule has 0 aliphatic carbocycles. The largest absolute Gasteiger partial charge is 0.484 e. The van der Waals surface area contributed by atoms with E-state index in [4.69, 9.17) is 14.4 Å². The summed E-state index contributed by atoms with van der Waals surface area (Å²) in [5.41, 5.74) is 1.82. The summed E-state index contributed by atoms with van der Waals surface area (Å²) >= 11 is 0. The molecule has 0 atom stereocenters. The molecule has 4 heteroatoms. The fourth-order valence-electron chi connectivity index (χ4n) is 1.64. The van der Waals surface area contributed by atoms with Gasteiger partial charge in [-0.25, -0.2) is 4.98 Å². The Hall–Kier alpha value is -2.28. The summed E-state index contributed by atoms with van der Waals surface area (Å²) in [5.74, 6) is 1.96. The van der Waals surface area contributed by atoms with Gasteiger partial charge in [0.05, 0.1) is 18.2 Å². The molecule has 18 heavy (non-hydrogen) atoms. The van der Waals surface area contributed by atoms with Gasteiger partial charge in [0.15, 0.2) is 6.61 Å². The molecule has 0 radical (unpaired) electrons. The zero-order chi connectivity index (χ0) is 13.0. The summed E-state index contributed by atoms with van der Waals surface area (Å²) in [5, 5.41) is 8.63. The van der Waals surface area contributed by atoms with Crippen LogP contribution in [-0.4, -0.2) is 4.98 Å². The van der Waals surface area contributed by atoms with Crippen LogP contribution in [0.4, 0.5) is 0 Å². The van der Waals surface area contributed by atoms with Crippen molar-refractivity contribution in [2.45, 2.75) is 26.9 Å². The van der Waals surface area contributed by atoms with Gasteiger partial charge in [0.2, 0.25) is 5.89 Å². The van der Waals surface area contributed by atoms with Gasteiger partial charge in [0.25, 0.3) is 0 Å². The first kappa shape index (κ1) is 12.2. The van der Waals surface area contributed by atoms with Crippen molar-refractivity contribution in [3.63, 3.8) is 0 Å². The van der Waals surface area contributed by atoms with E-state index < -0.39 is 0 Å². The van der Waals surface area contributed by atoms with Crippen molar-refractivity contribution in [2.75, 3.05) is 0 Å². The maximum atomic E-state index is 8.63. The molecule has 0 N–H and O–H groups in total. The number of oxazole rings is 1. The highest BCUT2D eigenvalue weighted by Gasteiger charge is 2.09. The second-order valence-corrected chi connectivity index (χ2v) is 4.05. The Kier molecular flexibility index (Phi) is 3.63. The van der Waals surface area contributed by atoms with Crippen molar-refractivity contribution < 1.29 is 9.15 Å². The summed E-state index contributed by atoms with van der Waals surface area (Å²) in [6.45, 7) is 4.08. The highest BCUT2D eigenvalue weighted by Crippen LogP contribution is 2.16. The van der Waals surface area contributed by atoms with Gasteiger partial charge < -0.3 is 9.15 Å². The third-order valence-corrected chi connectivity index (χ3v) is 2.54. The molecule has 0 saturated carbocycles. The zero-order valence-corrected chi connectivity index (χ0v) is 10.4. The normalized spacial score (nSPS) is 10.1. The Labute approximate surface area is 106 Å². The van der Waals surface area contributed by atoms with Crippen LogP contribution in [0.2, 0.25) is 0 Å². The van der Waals surface area contributed by atoms with Crippen LogP contribution in [0.3, 0.4) is 0 Å². The highest BCUT2D eigenvalue weighted by molar-refractivity contribution is 5.27. The molecule has 2 aromatic rings. The van der Waals surface area contributed by atoms with E-state index in [-0.39, 0.29) is 13.0 Å². The first-order chi connectivity index (χ1) is 8.69. The molecule has 0 aliphatic rings. The van der Waals surface area contributed by atoms with Crippen molar-refractivity contribution in [3.05, 3.63) is 47.2 Å². The van der Waals surface area contributed by atoms with E-state index in [1.165, 1.54) is 0 Å². The quantitative estimate of drug-likeness (QED) is 0.827. The topological polar surface area (TPSA) is 59.0 Å². The van der Waals surface area contributed by atoms with E-state index in [1.807, 2.05) is 31.2 Å². The molecule has 0 amide bonds. The Morgan fingerprint density at radius 2 is 2.22 bits per heavy atom. The number of benzene rings is 1. The Morgan fingerprint density at radius 3 is 2.94 bits per heavy atom. The van der Waals surface area contributed by atoms with Crippen LogP contribution in [-0.2, 0) is 13.0 Å². The second kappa shape index (κ2) is 5.37. The van der Waals surface area contributed by atoms with Crippen LogP contribution in [0.5, 0.6) is 5.75 Å². The van der Waals surface area contributed by atoms with Crippen LogP contribution in [0.15, 0.2) is 28.7 Å². The van der Waals surface area contributed by atoms with Gasteiger partial charge in [-0.05, 0) is 31.5 Å². The van der Waals surface area contributed by atoms with Crippen LogP contribution >= 0.6 is 0 Å². The molecule has 1 aromatic heterocycles. The van der Waals surface area contributed by atoms with Crippen molar-refractivity contribution in [1.82, 2.24) is 4.98 Å². The lowest BCUT2D eigenvalue weighted by molar-refractivity contribution is 0.260. The third-order valence-electron chi connectivity index (χ3n) is 2.54. The molecule has 0 bridgehead atoms. The predicted octanol–water partition coefficient (Wildman–Crippen LogP) is 2.94. The molecule has 0 aliphatic heterocycles. The molecule has 1 heterocycles. The maximum absolute atomic E-state index is 8.63. The number of aryl methyl sites for hydroxylation is 2. The summed E-state index contributed by atoms with van der Waals surface area (Å²) in [4.78, 5) is 4.22. The molecule has 1 aromatic carbocycles. The Bertz CT molecular complexity index is 582. The van der Waals surface area contributed by atoms with Gasteiger partial charge in [-0.3, -0.25) is 0 Å². The van der Waals surface area contributed by atoms with Crippen molar-refractivity contribution in [1.29, 1.82) is 5.26 Å². The summed E-state index contributed by atoms with van der Waals surface area (Å²) in [6, 6.07) is 9.84. The van der Waals surface area contributed by atoms with Crippen LogP contribution in [0.1, 0.15) is 22.9 Å². The van der Waals surface area contributed by atoms with Crippen LogP contribution < -0.4 is 4.74 Å². The van der Waals surface area contributed by atoms with Crippen molar-refractivity contribution in [3.8, 4) is 11.8 Å². The van der Waals surface area contributed by atoms with Gasteiger partial charge >= 0.3 is 0 Å². The number of ether oxygens (including phenoxy) is 1. The minimum atomic E-state index is 0.264. The molecular weight excluding hydrogens is 228 g/mol. The SMILES string of the molecule is Cc1cccc(OCc2nc(CC#N)c(C)o2)c1. The van der Waals surface area contributed by atoms with Gasteiger partial charge in [-0.15, -0.1) is 0 Å². The average molecular weight is 242 g/mol. The van der Waals surface area contributed by atoms with E-state index in [2.05, 4.69) is 11.1 Å². The third kappa shape index (κ3) is 2.89. The standard InChI is InChI=1S/C14H14N2O2/c1-10-4-3-5-12(8-10)17-9-14-16-13(6-7-15)11(2)18-14/h3-5,8H,6,9H2,1-2H3. The second-order valence-electron chi connectivity index (χ2n) is 4.05. The number of nitriles is 1. The van der Waals surface area contributed by atoms with Crippen LogP contribution in [0, 0.1) is 25.2 Å². The average Bonchev–Trinajstić information content (AvgIpc) is 2.69. The fourth-order valence-corrected chi connectivity index (χ4v) is 1.64. The van der Waals surface area contributed by atoms with E-state index >= 15 is 0 Å². The minimum absolute atomic E-state index is 0.264. The number of hydrogen-bond acceptors (Lipinski definition) is 4. The smallest absolute Gasteiger partial charge is 0.232 e. The molecule has 0 saturated heterocycles. The van der Waals surface area contributed by atoms with Crippen LogP contribution in [0.25, 0.3) is 0 Å². The number of nitrogens with zero attached hydrogens (tertiary/aromatic N) is 2. The monoisotopic (exact) mass is 242 g/mol. The molecule has 92 valence electrons. The molecule has 0 fully saturated rings. The van der Waals surface area contributed by atoms with E-state index in [9.17, 15) is 0 Å². The van der Waals surface area contributed by atoms with Gasteiger partial charge in [0.1, 0.15) is 11.5 Å². The van der Waals surface area contributed by atoms with E-state index in [0.29, 0.717) is 17.3 Å². The molecular formula is C14H14N2O2. The number of aromatic nitrogens is 1. The molecule has 0 spiro atoms. The number of rotatable bonds is 4. The summed E-state index contributed by atoms with van der Waals surface area (Å²) in [7, 11) is 0. The maximum Gasteiger partial charge on any atom is 0.232 e. The first-order valence-electron chi connectivity index (χ1n) is 5.70. The fraction of sp³-hybridized carbons (Fsp3) is 0.286. The lowest BCUT2D eigenvalue weighted by Crippen LogP contribution is -1.96. The molecule has 2 rings (SSSR count). The predicted molar refractivity (Wildman–Crippen MR) is 66.1 cm³/mol. The first-order valence-corrected chi connectivity index (χ1v) is 5.70. The zero-order valence-electron chi connectivity index (χ0n) is 10.4. The lowest BCUT2D eigenvalue weighted by atomic mass is 10.2. The Balaban J connectivity index is 2.02. The lowest BCUT2D eigenvalue weighted by Gasteiger charge is -2.03. The minimum Gasteiger partial charge on any atom is -0.484 e. The van der Waals surface area contributed by atoms with E-state index in [1.54, 1.807) is 6.92 Å². The summed E-state index contributed by atoms with van der Waals surface area (Å²) in [6.07, 6.45) is 0.264. The highest BCUT2D eigenvalue weighted by atomic mass is 16.5.